The fraction of sp³-hybridized carbons (Fsp3) is 0.375. The Hall–Kier alpha value is -2.79. The van der Waals surface area contributed by atoms with Gasteiger partial charge in [-0.15, -0.1) is 0 Å². The van der Waals surface area contributed by atoms with Crippen LogP contribution >= 0.6 is 0 Å². The maximum atomic E-state index is 12.9. The normalized spacial score (nSPS) is 18.0. The minimum atomic E-state index is -4.02. The van der Waals surface area contributed by atoms with E-state index in [9.17, 15) is 18.5 Å². The van der Waals surface area contributed by atoms with Gasteiger partial charge in [0, 0.05) is 24.9 Å². The maximum absolute atomic E-state index is 12.9. The highest BCUT2D eigenvalue weighted by Crippen LogP contribution is 2.29. The van der Waals surface area contributed by atoms with E-state index in [-0.39, 0.29) is 29.9 Å². The topological polar surface area (TPSA) is 125 Å². The lowest BCUT2D eigenvalue weighted by atomic mass is 10.1. The molecule has 10 nitrogen and oxygen atoms in total. The van der Waals surface area contributed by atoms with E-state index in [1.165, 1.54) is 41.9 Å². The Bertz CT molecular complexity index is 936. The molecule has 3 rings (SSSR count). The largest absolute Gasteiger partial charge is 0.473 e. The van der Waals surface area contributed by atoms with Crippen LogP contribution in [0.25, 0.3) is 0 Å². The fourth-order valence-corrected chi connectivity index (χ4v) is 4.51. The summed E-state index contributed by atoms with van der Waals surface area (Å²) in [5, 5.41) is 11.2. The zero-order valence-electron chi connectivity index (χ0n) is 14.5. The van der Waals surface area contributed by atoms with Gasteiger partial charge in [0.2, 0.25) is 15.9 Å². The van der Waals surface area contributed by atoms with Crippen molar-refractivity contribution in [1.29, 1.82) is 0 Å². The van der Waals surface area contributed by atoms with E-state index in [2.05, 4.69) is 9.97 Å². The van der Waals surface area contributed by atoms with Gasteiger partial charge in [-0.2, -0.15) is 9.29 Å². The molecular weight excluding hydrogens is 376 g/mol. The molecule has 144 valence electrons. The average Bonchev–Trinajstić information content (AvgIpc) is 2.68. The molecule has 11 heteroatoms. The van der Waals surface area contributed by atoms with E-state index in [1.807, 2.05) is 0 Å². The molecule has 1 aliphatic heterocycles. The van der Waals surface area contributed by atoms with Crippen LogP contribution in [0.15, 0.2) is 41.4 Å². The second kappa shape index (κ2) is 7.84. The summed E-state index contributed by atoms with van der Waals surface area (Å²) in [7, 11) is -2.59. The molecule has 1 aromatic carbocycles. The van der Waals surface area contributed by atoms with Crippen LogP contribution in [0.1, 0.15) is 12.8 Å². The van der Waals surface area contributed by atoms with Crippen LogP contribution < -0.4 is 9.47 Å². The summed E-state index contributed by atoms with van der Waals surface area (Å²) >= 11 is 0. The van der Waals surface area contributed by atoms with Crippen molar-refractivity contribution in [2.75, 3.05) is 20.2 Å². The number of sulfonamides is 1. The van der Waals surface area contributed by atoms with E-state index in [4.69, 9.17) is 9.47 Å². The number of nitrogens with zero attached hydrogens (tertiary/aromatic N) is 4. The molecule has 1 aromatic heterocycles. The van der Waals surface area contributed by atoms with Crippen molar-refractivity contribution < 1.29 is 22.8 Å². The monoisotopic (exact) mass is 394 g/mol. The van der Waals surface area contributed by atoms with Crippen molar-refractivity contribution in [1.82, 2.24) is 14.3 Å². The quantitative estimate of drug-likeness (QED) is 0.535. The van der Waals surface area contributed by atoms with E-state index in [0.717, 1.165) is 0 Å². The van der Waals surface area contributed by atoms with E-state index < -0.39 is 26.7 Å². The van der Waals surface area contributed by atoms with E-state index >= 15 is 0 Å². The predicted octanol–water partition coefficient (Wildman–Crippen LogP) is 1.63. The molecule has 2 aromatic rings. The fourth-order valence-electron chi connectivity index (χ4n) is 2.84. The van der Waals surface area contributed by atoms with Crippen molar-refractivity contribution in [2.45, 2.75) is 23.8 Å². The van der Waals surface area contributed by atoms with Gasteiger partial charge in [0.1, 0.15) is 6.10 Å². The summed E-state index contributed by atoms with van der Waals surface area (Å²) < 4.78 is 37.8. The third-order valence-corrected chi connectivity index (χ3v) is 6.01. The van der Waals surface area contributed by atoms with Gasteiger partial charge in [-0.1, -0.05) is 12.1 Å². The maximum Gasteiger partial charge on any atom is 0.319 e. The van der Waals surface area contributed by atoms with Crippen LogP contribution in [-0.2, 0) is 10.0 Å². The van der Waals surface area contributed by atoms with E-state index in [0.29, 0.717) is 12.8 Å². The number of benzene rings is 1. The number of hydrogen-bond donors (Lipinski definition) is 0. The van der Waals surface area contributed by atoms with Gasteiger partial charge in [0.25, 0.3) is 5.69 Å². The third-order valence-electron chi connectivity index (χ3n) is 4.10. The summed E-state index contributed by atoms with van der Waals surface area (Å²) in [6, 6.07) is 7.02. The number of nitro benzene ring substituents is 1. The Balaban J connectivity index is 1.80. The van der Waals surface area contributed by atoms with Crippen LogP contribution in [0.4, 0.5) is 5.69 Å². The number of piperidine rings is 1. The molecule has 0 amide bonds. The van der Waals surface area contributed by atoms with Crippen LogP contribution in [-0.4, -0.2) is 53.9 Å². The summed E-state index contributed by atoms with van der Waals surface area (Å²) in [5.74, 6) is 0.275. The lowest BCUT2D eigenvalue weighted by Gasteiger charge is -2.31. The van der Waals surface area contributed by atoms with Gasteiger partial charge in [0.05, 0.1) is 18.6 Å². The van der Waals surface area contributed by atoms with Gasteiger partial charge >= 0.3 is 6.01 Å². The predicted molar refractivity (Wildman–Crippen MR) is 94.1 cm³/mol. The third kappa shape index (κ3) is 4.14. The van der Waals surface area contributed by atoms with Gasteiger partial charge in [0.15, 0.2) is 4.90 Å². The highest BCUT2D eigenvalue weighted by molar-refractivity contribution is 7.89. The number of nitro groups is 1. The lowest BCUT2D eigenvalue weighted by molar-refractivity contribution is -0.387. The minimum absolute atomic E-state index is 0.0701. The molecule has 0 saturated carbocycles. The molecule has 0 radical (unpaired) electrons. The molecule has 2 heterocycles. The summed E-state index contributed by atoms with van der Waals surface area (Å²) in [4.78, 5) is 18.1. The Morgan fingerprint density at radius 1 is 1.30 bits per heavy atom. The molecule has 1 atom stereocenters. The highest BCUT2D eigenvalue weighted by Gasteiger charge is 2.35. The molecule has 0 bridgehead atoms. The number of para-hydroxylation sites is 1. The highest BCUT2D eigenvalue weighted by atomic mass is 32.2. The first-order valence-electron chi connectivity index (χ1n) is 8.19. The van der Waals surface area contributed by atoms with Crippen molar-refractivity contribution in [2.24, 2.45) is 0 Å². The molecule has 1 aliphatic rings. The number of methoxy groups -OCH3 is 1. The van der Waals surface area contributed by atoms with Gasteiger partial charge < -0.3 is 9.47 Å². The second-order valence-electron chi connectivity index (χ2n) is 5.85. The number of hydrogen-bond acceptors (Lipinski definition) is 8. The molecule has 1 saturated heterocycles. The first-order chi connectivity index (χ1) is 12.9. The second-order valence-corrected chi connectivity index (χ2v) is 7.76. The zero-order chi connectivity index (χ0) is 19.4. The molecule has 0 N–H and O–H groups in total. The average molecular weight is 394 g/mol. The minimum Gasteiger partial charge on any atom is -0.473 e. The Kier molecular flexibility index (Phi) is 5.51. The molecule has 1 unspecified atom stereocenters. The zero-order valence-corrected chi connectivity index (χ0v) is 15.3. The van der Waals surface area contributed by atoms with Gasteiger partial charge in [-0.05, 0) is 18.9 Å². The summed E-state index contributed by atoms with van der Waals surface area (Å²) in [6.07, 6.45) is 2.24. The van der Waals surface area contributed by atoms with Crippen molar-refractivity contribution in [3.05, 3.63) is 46.6 Å². The van der Waals surface area contributed by atoms with Crippen LogP contribution in [0.2, 0.25) is 0 Å². The number of ether oxygens (including phenoxy) is 2. The Labute approximate surface area is 156 Å². The van der Waals surface area contributed by atoms with Crippen molar-refractivity contribution in [3.8, 4) is 11.9 Å². The Morgan fingerprint density at radius 3 is 2.81 bits per heavy atom. The molecule has 0 aliphatic carbocycles. The molecule has 27 heavy (non-hydrogen) atoms. The van der Waals surface area contributed by atoms with E-state index in [1.54, 1.807) is 6.07 Å². The molecule has 1 fully saturated rings. The first kappa shape index (κ1) is 19.0. The SMILES string of the molecule is COc1nccc(OC2CCCN(S(=O)(=O)c3ccccc3[N+](=O)[O-])C2)n1. The van der Waals surface area contributed by atoms with Crippen LogP contribution in [0.5, 0.6) is 11.9 Å². The number of rotatable bonds is 6. The Morgan fingerprint density at radius 2 is 2.07 bits per heavy atom. The van der Waals surface area contributed by atoms with Gasteiger partial charge in [-0.25, -0.2) is 13.4 Å². The van der Waals surface area contributed by atoms with Crippen LogP contribution in [0.3, 0.4) is 0 Å². The lowest BCUT2D eigenvalue weighted by Crippen LogP contribution is -2.44. The summed E-state index contributed by atoms with van der Waals surface area (Å²) in [6.45, 7) is 0.335. The smallest absolute Gasteiger partial charge is 0.319 e. The standard InChI is InChI=1S/C16H18N4O6S/c1-25-16-17-9-8-15(18-16)26-12-5-4-10-19(11-12)27(23,24)14-7-3-2-6-13(14)20(21)22/h2-3,6-9,12H,4-5,10-11H2,1H3. The summed E-state index contributed by atoms with van der Waals surface area (Å²) in [5.41, 5.74) is -0.443. The van der Waals surface area contributed by atoms with Crippen molar-refractivity contribution >= 4 is 15.7 Å². The molecule has 0 spiro atoms. The molecular formula is C16H18N4O6S. The van der Waals surface area contributed by atoms with Crippen LogP contribution in [0, 0.1) is 10.1 Å². The first-order valence-corrected chi connectivity index (χ1v) is 9.63. The van der Waals surface area contributed by atoms with Crippen molar-refractivity contribution in [3.63, 3.8) is 0 Å². The number of aromatic nitrogens is 2. The van der Waals surface area contributed by atoms with Gasteiger partial charge in [-0.3, -0.25) is 10.1 Å².